The van der Waals surface area contributed by atoms with Crippen molar-refractivity contribution in [2.24, 2.45) is 0 Å². The van der Waals surface area contributed by atoms with Crippen LogP contribution in [-0.2, 0) is 0 Å². The van der Waals surface area contributed by atoms with Crippen LogP contribution in [0.5, 0.6) is 11.5 Å². The maximum absolute atomic E-state index is 6.48. The van der Waals surface area contributed by atoms with Gasteiger partial charge in [-0.05, 0) is 72.5 Å². The van der Waals surface area contributed by atoms with Gasteiger partial charge >= 0.3 is 0 Å². The molecule has 0 N–H and O–H groups in total. The van der Waals surface area contributed by atoms with Gasteiger partial charge in [0.25, 0.3) is 0 Å². The molecule has 0 unspecified atom stereocenters. The van der Waals surface area contributed by atoms with E-state index < -0.39 is 0 Å². The molecule has 0 aliphatic rings. The predicted octanol–water partition coefficient (Wildman–Crippen LogP) is 7.63. The monoisotopic (exact) mass is 491 g/mol. The molecule has 4 aromatic carbocycles. The third-order valence-electron chi connectivity index (χ3n) is 7.20. The molecule has 0 bridgehead atoms. The van der Waals surface area contributed by atoms with Gasteiger partial charge in [-0.15, -0.1) is 10.2 Å². The summed E-state index contributed by atoms with van der Waals surface area (Å²) in [6.07, 6.45) is 3.60. The van der Waals surface area contributed by atoms with Crippen LogP contribution in [-0.4, -0.2) is 24.1 Å². The number of nitrogens with zero attached hydrogens (tertiary/aromatic N) is 5. The predicted molar refractivity (Wildman–Crippen MR) is 151 cm³/mol. The van der Waals surface area contributed by atoms with Gasteiger partial charge in [-0.25, -0.2) is 4.98 Å². The van der Waals surface area contributed by atoms with E-state index >= 15 is 0 Å². The molecular formula is C32H21N5O. The normalized spacial score (nSPS) is 11.8. The number of para-hydroxylation sites is 2. The molecule has 0 saturated carbocycles. The summed E-state index contributed by atoms with van der Waals surface area (Å²) in [5, 5.41) is 14.2. The van der Waals surface area contributed by atoms with E-state index in [1.54, 1.807) is 6.33 Å². The van der Waals surface area contributed by atoms with E-state index in [2.05, 4.69) is 101 Å². The fourth-order valence-electron chi connectivity index (χ4n) is 5.62. The second-order valence-electron chi connectivity index (χ2n) is 9.58. The van der Waals surface area contributed by atoms with Gasteiger partial charge in [0.05, 0.1) is 16.7 Å². The van der Waals surface area contributed by atoms with Gasteiger partial charge < -0.3 is 4.74 Å². The molecule has 0 fully saturated rings. The van der Waals surface area contributed by atoms with E-state index in [-0.39, 0.29) is 0 Å². The lowest BCUT2D eigenvalue weighted by molar-refractivity contribution is 0.483. The van der Waals surface area contributed by atoms with Gasteiger partial charge in [0.15, 0.2) is 5.65 Å². The van der Waals surface area contributed by atoms with E-state index in [1.165, 1.54) is 5.39 Å². The number of hydrogen-bond donors (Lipinski definition) is 0. The van der Waals surface area contributed by atoms with Crippen LogP contribution in [0.1, 0.15) is 5.56 Å². The Morgan fingerprint density at radius 1 is 0.632 bits per heavy atom. The summed E-state index contributed by atoms with van der Waals surface area (Å²) < 4.78 is 10.7. The molecule has 6 heteroatoms. The van der Waals surface area contributed by atoms with Crippen LogP contribution in [0.2, 0.25) is 0 Å². The second kappa shape index (κ2) is 7.88. The molecule has 0 saturated heterocycles. The summed E-state index contributed by atoms with van der Waals surface area (Å²) in [5.74, 6) is 1.51. The fourth-order valence-corrected chi connectivity index (χ4v) is 5.62. The molecule has 4 aromatic heterocycles. The van der Waals surface area contributed by atoms with Crippen molar-refractivity contribution >= 4 is 49.3 Å². The number of hydrogen-bond acceptors (Lipinski definition) is 4. The highest BCUT2D eigenvalue weighted by molar-refractivity contribution is 6.12. The fraction of sp³-hybridized carbons (Fsp3) is 0.0312. The molecule has 0 atom stereocenters. The van der Waals surface area contributed by atoms with Crippen molar-refractivity contribution in [3.63, 3.8) is 0 Å². The van der Waals surface area contributed by atoms with Crippen molar-refractivity contribution in [2.75, 3.05) is 0 Å². The molecule has 4 heterocycles. The lowest BCUT2D eigenvalue weighted by atomic mass is 10.1. The number of aromatic nitrogens is 5. The Kier molecular flexibility index (Phi) is 4.34. The Hall–Kier alpha value is -5.23. The van der Waals surface area contributed by atoms with Crippen LogP contribution in [0.4, 0.5) is 0 Å². The molecule has 8 aromatic rings. The van der Waals surface area contributed by atoms with Crippen molar-refractivity contribution in [1.82, 2.24) is 24.1 Å². The first-order valence-electron chi connectivity index (χ1n) is 12.5. The largest absolute Gasteiger partial charge is 0.457 e. The van der Waals surface area contributed by atoms with Crippen LogP contribution in [0.25, 0.3) is 54.9 Å². The standard InChI is InChI=1S/C32H21N5O/c1-20-15-21(37-30-11-5-3-8-26(30)27-9-6-14-33-31(27)37)17-23(16-20)38-22-12-13-24-25-7-2-4-10-29(25)36-19-34-35-32(36)28(24)18-22/h2-19H,1H3. The summed E-state index contributed by atoms with van der Waals surface area (Å²) in [4.78, 5) is 4.73. The van der Waals surface area contributed by atoms with Crippen molar-refractivity contribution in [3.8, 4) is 17.2 Å². The second-order valence-corrected chi connectivity index (χ2v) is 9.58. The maximum Gasteiger partial charge on any atom is 0.169 e. The first kappa shape index (κ1) is 20.9. The van der Waals surface area contributed by atoms with Gasteiger partial charge in [-0.1, -0.05) is 36.4 Å². The molecule has 0 spiro atoms. The summed E-state index contributed by atoms with van der Waals surface area (Å²) in [6.45, 7) is 2.09. The third-order valence-corrected chi connectivity index (χ3v) is 7.20. The Morgan fingerprint density at radius 3 is 2.32 bits per heavy atom. The van der Waals surface area contributed by atoms with Crippen molar-refractivity contribution in [2.45, 2.75) is 6.92 Å². The molecule has 0 aliphatic heterocycles. The minimum absolute atomic E-state index is 0.745. The van der Waals surface area contributed by atoms with E-state index in [9.17, 15) is 0 Å². The summed E-state index contributed by atoms with van der Waals surface area (Å²) in [7, 11) is 0. The number of ether oxygens (including phenoxy) is 1. The zero-order chi connectivity index (χ0) is 25.2. The number of fused-ring (bicyclic) bond motifs is 9. The SMILES string of the molecule is Cc1cc(Oc2ccc3c4ccccc4n4cnnc4c3c2)cc(-n2c3ccccc3c3cccnc32)c1. The highest BCUT2D eigenvalue weighted by Gasteiger charge is 2.15. The van der Waals surface area contributed by atoms with E-state index in [1.807, 2.05) is 28.8 Å². The van der Waals surface area contributed by atoms with E-state index in [4.69, 9.17) is 9.72 Å². The number of benzene rings is 4. The van der Waals surface area contributed by atoms with Crippen molar-refractivity contribution in [3.05, 3.63) is 115 Å². The van der Waals surface area contributed by atoms with Crippen LogP contribution < -0.4 is 4.74 Å². The van der Waals surface area contributed by atoms with Crippen molar-refractivity contribution < 1.29 is 4.74 Å². The molecule has 8 rings (SSSR count). The van der Waals surface area contributed by atoms with Gasteiger partial charge in [0.2, 0.25) is 0 Å². The molecule has 0 amide bonds. The number of pyridine rings is 2. The maximum atomic E-state index is 6.48. The van der Waals surface area contributed by atoms with Crippen LogP contribution in [0, 0.1) is 6.92 Å². The quantitative estimate of drug-likeness (QED) is 0.238. The van der Waals surface area contributed by atoms with Gasteiger partial charge in [0.1, 0.15) is 23.5 Å². The van der Waals surface area contributed by atoms with Gasteiger partial charge in [0, 0.05) is 33.8 Å². The van der Waals surface area contributed by atoms with Crippen LogP contribution in [0.15, 0.2) is 110 Å². The Morgan fingerprint density at radius 2 is 1.42 bits per heavy atom. The molecule has 6 nitrogen and oxygen atoms in total. The molecular weight excluding hydrogens is 470 g/mol. The van der Waals surface area contributed by atoms with Crippen LogP contribution >= 0.6 is 0 Å². The molecule has 180 valence electrons. The number of rotatable bonds is 3. The molecule has 0 aliphatic carbocycles. The molecule has 0 radical (unpaired) electrons. The summed E-state index contributed by atoms with van der Waals surface area (Å²) >= 11 is 0. The lowest BCUT2D eigenvalue weighted by Crippen LogP contribution is -1.97. The zero-order valence-corrected chi connectivity index (χ0v) is 20.5. The zero-order valence-electron chi connectivity index (χ0n) is 20.5. The van der Waals surface area contributed by atoms with Crippen molar-refractivity contribution in [1.29, 1.82) is 0 Å². The average Bonchev–Trinajstić information content (AvgIpc) is 3.57. The molecule has 38 heavy (non-hydrogen) atoms. The third kappa shape index (κ3) is 3.04. The average molecular weight is 492 g/mol. The van der Waals surface area contributed by atoms with E-state index in [0.29, 0.717) is 0 Å². The summed E-state index contributed by atoms with van der Waals surface area (Å²) in [5.41, 5.74) is 6.05. The Bertz CT molecular complexity index is 2140. The number of aryl methyl sites for hydroxylation is 1. The Labute approximate surface area is 217 Å². The Balaban J connectivity index is 1.28. The highest BCUT2D eigenvalue weighted by Crippen LogP contribution is 2.35. The lowest BCUT2D eigenvalue weighted by Gasteiger charge is -2.13. The minimum atomic E-state index is 0.745. The van der Waals surface area contributed by atoms with Gasteiger partial charge in [-0.3, -0.25) is 8.97 Å². The van der Waals surface area contributed by atoms with Crippen LogP contribution in [0.3, 0.4) is 0 Å². The van der Waals surface area contributed by atoms with Gasteiger partial charge in [-0.2, -0.15) is 0 Å². The summed E-state index contributed by atoms with van der Waals surface area (Å²) in [6, 6.07) is 33.3. The topological polar surface area (TPSA) is 57.2 Å². The van der Waals surface area contributed by atoms with E-state index in [0.717, 1.165) is 66.6 Å². The first-order valence-corrected chi connectivity index (χ1v) is 12.5. The minimum Gasteiger partial charge on any atom is -0.457 e. The first-order chi connectivity index (χ1) is 18.7. The smallest absolute Gasteiger partial charge is 0.169 e. The highest BCUT2D eigenvalue weighted by atomic mass is 16.5.